The molecule has 8 rings (SSSR count). The van der Waals surface area contributed by atoms with Crippen LogP contribution in [0.15, 0.2) is 140 Å². The quantitative estimate of drug-likeness (QED) is 0.101. The fraction of sp³-hybridized carbons (Fsp3) is 0.167. The number of rotatable bonds is 10. The van der Waals surface area contributed by atoms with Gasteiger partial charge >= 0.3 is 0 Å². The Morgan fingerprint density at radius 1 is 0.725 bits per heavy atom. The lowest BCUT2D eigenvalue weighted by atomic mass is 9.74. The summed E-state index contributed by atoms with van der Waals surface area (Å²) in [6.45, 7) is 6.96. The first-order valence-electron chi connectivity index (χ1n) is 18.3. The monoisotopic (exact) mass is 663 g/mol. The molecule has 0 amide bonds. The molecule has 252 valence electrons. The van der Waals surface area contributed by atoms with E-state index in [0.717, 1.165) is 66.6 Å². The molecule has 0 spiro atoms. The molecule has 0 aromatic heterocycles. The lowest BCUT2D eigenvalue weighted by Gasteiger charge is -2.39. The Kier molecular flexibility index (Phi) is 8.90. The minimum Gasteiger partial charge on any atom is -0.398 e. The van der Waals surface area contributed by atoms with E-state index in [-0.39, 0.29) is 0 Å². The lowest BCUT2D eigenvalue weighted by Crippen LogP contribution is -2.50. The summed E-state index contributed by atoms with van der Waals surface area (Å²) in [5.41, 5.74) is 28.9. The van der Waals surface area contributed by atoms with E-state index in [0.29, 0.717) is 0 Å². The number of hydrazine groups is 1. The summed E-state index contributed by atoms with van der Waals surface area (Å²) in [6, 6.07) is 43.7. The molecule has 51 heavy (non-hydrogen) atoms. The third kappa shape index (κ3) is 5.98. The van der Waals surface area contributed by atoms with Gasteiger partial charge in [0.05, 0.1) is 5.54 Å². The zero-order valence-corrected chi connectivity index (χ0v) is 29.4. The van der Waals surface area contributed by atoms with Crippen LogP contribution in [0.5, 0.6) is 0 Å². The normalized spacial score (nSPS) is 14.5. The van der Waals surface area contributed by atoms with E-state index >= 15 is 0 Å². The van der Waals surface area contributed by atoms with Crippen molar-refractivity contribution in [2.24, 2.45) is 0 Å². The van der Waals surface area contributed by atoms with Crippen molar-refractivity contribution >= 4 is 34.3 Å². The van der Waals surface area contributed by atoms with Crippen LogP contribution in [-0.4, -0.2) is 0 Å². The van der Waals surface area contributed by atoms with Gasteiger partial charge in [-0.25, -0.2) is 5.43 Å². The van der Waals surface area contributed by atoms with E-state index in [4.69, 9.17) is 5.73 Å². The Morgan fingerprint density at radius 3 is 2.25 bits per heavy atom. The van der Waals surface area contributed by atoms with Gasteiger partial charge in [-0.1, -0.05) is 147 Å². The fourth-order valence-electron chi connectivity index (χ4n) is 8.33. The zero-order valence-electron chi connectivity index (χ0n) is 29.4. The van der Waals surface area contributed by atoms with Crippen LogP contribution in [0.2, 0.25) is 0 Å². The number of hydrogen-bond donors (Lipinski definition) is 3. The van der Waals surface area contributed by atoms with Gasteiger partial charge in [0, 0.05) is 22.5 Å². The summed E-state index contributed by atoms with van der Waals surface area (Å²) in [5.74, 6) is 0. The third-order valence-corrected chi connectivity index (χ3v) is 10.8. The first-order chi connectivity index (χ1) is 25.1. The summed E-state index contributed by atoms with van der Waals surface area (Å²) in [5, 5.41) is 2.57. The molecule has 0 fully saturated rings. The molecule has 0 heterocycles. The second kappa shape index (κ2) is 13.9. The highest BCUT2D eigenvalue weighted by molar-refractivity contribution is 5.94. The van der Waals surface area contributed by atoms with Crippen LogP contribution in [-0.2, 0) is 18.4 Å². The van der Waals surface area contributed by atoms with Crippen LogP contribution < -0.4 is 16.6 Å². The van der Waals surface area contributed by atoms with Crippen molar-refractivity contribution in [3.05, 3.63) is 179 Å². The molecule has 0 radical (unpaired) electrons. The summed E-state index contributed by atoms with van der Waals surface area (Å²) in [6.07, 6.45) is 15.1. The fourth-order valence-corrected chi connectivity index (χ4v) is 8.33. The van der Waals surface area contributed by atoms with E-state index in [9.17, 15) is 0 Å². The Bertz CT molecular complexity index is 2310. The molecule has 6 aromatic carbocycles. The summed E-state index contributed by atoms with van der Waals surface area (Å²) in [7, 11) is 0. The predicted octanol–water partition coefficient (Wildman–Crippen LogP) is 11.5. The lowest BCUT2D eigenvalue weighted by molar-refractivity contribution is 0.346. The maximum Gasteiger partial charge on any atom is 0.0874 e. The number of nitrogen functional groups attached to an aromatic ring is 1. The van der Waals surface area contributed by atoms with E-state index in [2.05, 4.69) is 158 Å². The molecule has 2 aliphatic rings. The predicted molar refractivity (Wildman–Crippen MR) is 218 cm³/mol. The average Bonchev–Trinajstić information content (AvgIpc) is 3.19. The summed E-state index contributed by atoms with van der Waals surface area (Å²) >= 11 is 0. The molecular weight excluding hydrogens is 619 g/mol. The number of nitrogens with two attached hydrogens (primary N) is 1. The van der Waals surface area contributed by atoms with Crippen LogP contribution >= 0.6 is 0 Å². The Labute approximate surface area is 302 Å². The van der Waals surface area contributed by atoms with Crippen molar-refractivity contribution in [2.75, 3.05) is 5.73 Å². The van der Waals surface area contributed by atoms with Crippen LogP contribution in [0.25, 0.3) is 50.9 Å². The third-order valence-electron chi connectivity index (χ3n) is 10.8. The van der Waals surface area contributed by atoms with Gasteiger partial charge < -0.3 is 11.2 Å². The maximum atomic E-state index is 6.71. The number of benzene rings is 6. The largest absolute Gasteiger partial charge is 0.398 e. The van der Waals surface area contributed by atoms with Gasteiger partial charge in [-0.3, -0.25) is 0 Å². The number of allylic oxidation sites excluding steroid dienone is 2. The molecule has 3 heteroatoms. The molecule has 0 aliphatic heterocycles. The van der Waals surface area contributed by atoms with E-state index in [1.165, 1.54) is 55.3 Å². The molecule has 1 atom stereocenters. The van der Waals surface area contributed by atoms with Crippen molar-refractivity contribution in [3.63, 3.8) is 0 Å². The minimum atomic E-state index is -0.636. The maximum absolute atomic E-state index is 6.71. The van der Waals surface area contributed by atoms with Gasteiger partial charge in [0.25, 0.3) is 0 Å². The molecule has 4 N–H and O–H groups in total. The Hall–Kier alpha value is -5.64. The number of hydrogen-bond acceptors (Lipinski definition) is 3. The number of aryl methyl sites for hydroxylation is 2. The number of anilines is 1. The van der Waals surface area contributed by atoms with E-state index in [1.807, 2.05) is 12.1 Å². The number of fused-ring (bicyclic) bond motifs is 4. The number of para-hydroxylation sites is 1. The summed E-state index contributed by atoms with van der Waals surface area (Å²) < 4.78 is 0. The van der Waals surface area contributed by atoms with Gasteiger partial charge in [-0.2, -0.15) is 0 Å². The summed E-state index contributed by atoms with van der Waals surface area (Å²) in [4.78, 5) is 0. The Balaban J connectivity index is 1.33. The SMILES string of the molecule is C=C(NNC(CCC)(c1cc2c(c(-c3ccccc3)c1)C=CCC2)c1ccccc1-c1ccccc1N)c1cc2ccccc2c2c1C=CCC2. The molecule has 6 aromatic rings. The van der Waals surface area contributed by atoms with Crippen molar-refractivity contribution in [1.82, 2.24) is 10.9 Å². The van der Waals surface area contributed by atoms with Gasteiger partial charge in [-0.05, 0) is 111 Å². The average molecular weight is 664 g/mol. The molecule has 0 bridgehead atoms. The smallest absolute Gasteiger partial charge is 0.0874 e. The molecular formula is C48H45N3. The first-order valence-corrected chi connectivity index (χ1v) is 18.3. The first kappa shape index (κ1) is 32.6. The highest BCUT2D eigenvalue weighted by atomic mass is 15.4. The van der Waals surface area contributed by atoms with Gasteiger partial charge in [0.15, 0.2) is 0 Å². The minimum absolute atomic E-state index is 0.636. The van der Waals surface area contributed by atoms with Crippen LogP contribution in [0, 0.1) is 0 Å². The van der Waals surface area contributed by atoms with Gasteiger partial charge in [-0.15, -0.1) is 0 Å². The highest BCUT2D eigenvalue weighted by Gasteiger charge is 2.37. The molecule has 3 nitrogen and oxygen atoms in total. The van der Waals surface area contributed by atoms with Crippen molar-refractivity contribution < 1.29 is 0 Å². The van der Waals surface area contributed by atoms with Crippen LogP contribution in [0.3, 0.4) is 0 Å². The van der Waals surface area contributed by atoms with Crippen molar-refractivity contribution in [1.29, 1.82) is 0 Å². The molecule has 1 unspecified atom stereocenters. The van der Waals surface area contributed by atoms with Gasteiger partial charge in [0.1, 0.15) is 0 Å². The van der Waals surface area contributed by atoms with Crippen molar-refractivity contribution in [3.8, 4) is 22.3 Å². The zero-order chi connectivity index (χ0) is 34.8. The second-order valence-electron chi connectivity index (χ2n) is 13.9. The van der Waals surface area contributed by atoms with E-state index in [1.54, 1.807) is 0 Å². The molecule has 0 saturated heterocycles. The van der Waals surface area contributed by atoms with E-state index < -0.39 is 5.54 Å². The van der Waals surface area contributed by atoms with Crippen LogP contribution in [0.1, 0.15) is 71.6 Å². The highest BCUT2D eigenvalue weighted by Crippen LogP contribution is 2.44. The standard InChI is InChI=1S/C48H45N3/c1-3-29-48(46-27-15-13-25-42(46)43-26-14-16-28-47(43)49,37-30-35-19-7-10-22-39(35)45(32-37)34-17-5-4-6-18-34)51-50-33(2)44-31-36-20-8-9-21-38(36)40-23-11-12-24-41(40)44/h4-6,8-10,12-18,20-22,24-28,30-32,50-51H,2-3,7,11,19,23,29,49H2,1H3. The Morgan fingerprint density at radius 2 is 1.43 bits per heavy atom. The second-order valence-corrected chi connectivity index (χ2v) is 13.9. The molecule has 0 saturated carbocycles. The topological polar surface area (TPSA) is 50.1 Å². The molecule has 2 aliphatic carbocycles. The van der Waals surface area contributed by atoms with Crippen LogP contribution in [0.4, 0.5) is 5.69 Å². The van der Waals surface area contributed by atoms with Crippen molar-refractivity contribution in [2.45, 2.75) is 51.0 Å². The van der Waals surface area contributed by atoms with Gasteiger partial charge in [0.2, 0.25) is 0 Å². The number of nitrogens with one attached hydrogen (secondary N) is 2.